The Hall–Kier alpha value is -3.22. The maximum atomic E-state index is 13.3. The molecule has 0 aliphatic carbocycles. The number of nitrogens with zero attached hydrogens (tertiary/aromatic N) is 1. The summed E-state index contributed by atoms with van der Waals surface area (Å²) in [6.45, 7) is 8.09. The molecule has 0 bridgehead atoms. The molecule has 0 fully saturated rings. The fraction of sp³-hybridized carbons (Fsp3) is 0.417. The molecule has 7 heteroatoms. The highest BCUT2D eigenvalue weighted by molar-refractivity contribution is 5.87. The van der Waals surface area contributed by atoms with Crippen molar-refractivity contribution in [3.05, 3.63) is 59.7 Å². The summed E-state index contributed by atoms with van der Waals surface area (Å²) in [4.78, 5) is 27.5. The molecule has 31 heavy (non-hydrogen) atoms. The summed E-state index contributed by atoms with van der Waals surface area (Å²) >= 11 is 0. The van der Waals surface area contributed by atoms with Crippen LogP contribution in [0.1, 0.15) is 31.9 Å². The van der Waals surface area contributed by atoms with Crippen LogP contribution in [0.4, 0.5) is 4.79 Å². The highest BCUT2D eigenvalue weighted by Crippen LogP contribution is 2.34. The molecule has 1 aliphatic rings. The Kier molecular flexibility index (Phi) is 7.76. The molecular formula is C24H31N3O4. The standard InChI is InChI=1S/C24H31N3O4/c1-4-27(16-19-11-8-12-20-22(19)31-14-13-30-20)23(28)21(17(2)3)26-24(29)25-15-18-9-6-5-7-10-18/h5-12,17,21H,4,13-16H2,1-3H3,(H2,25,26,29). The third kappa shape index (κ3) is 5.90. The molecular weight excluding hydrogens is 394 g/mol. The van der Waals surface area contributed by atoms with Gasteiger partial charge in [-0.1, -0.05) is 56.3 Å². The molecule has 0 saturated heterocycles. The number of hydrogen-bond acceptors (Lipinski definition) is 4. The molecule has 1 aliphatic heterocycles. The van der Waals surface area contributed by atoms with E-state index < -0.39 is 6.04 Å². The van der Waals surface area contributed by atoms with Gasteiger partial charge >= 0.3 is 6.03 Å². The second-order valence-electron chi connectivity index (χ2n) is 7.83. The molecule has 1 heterocycles. The van der Waals surface area contributed by atoms with Crippen molar-refractivity contribution in [3.8, 4) is 11.5 Å². The van der Waals surface area contributed by atoms with Crippen molar-refractivity contribution in [2.45, 2.75) is 39.9 Å². The lowest BCUT2D eigenvalue weighted by atomic mass is 10.0. The van der Waals surface area contributed by atoms with E-state index in [4.69, 9.17) is 9.47 Å². The maximum absolute atomic E-state index is 13.3. The molecule has 0 spiro atoms. The molecule has 1 unspecified atom stereocenters. The van der Waals surface area contributed by atoms with Gasteiger partial charge in [0, 0.05) is 25.2 Å². The summed E-state index contributed by atoms with van der Waals surface area (Å²) in [6, 6.07) is 14.4. The Morgan fingerprint density at radius 1 is 1.03 bits per heavy atom. The Morgan fingerprint density at radius 2 is 1.77 bits per heavy atom. The molecule has 0 aromatic heterocycles. The van der Waals surface area contributed by atoms with Crippen molar-refractivity contribution in [3.63, 3.8) is 0 Å². The van der Waals surface area contributed by atoms with Crippen LogP contribution in [0.5, 0.6) is 11.5 Å². The van der Waals surface area contributed by atoms with Crippen molar-refractivity contribution < 1.29 is 19.1 Å². The van der Waals surface area contributed by atoms with Crippen molar-refractivity contribution in [2.75, 3.05) is 19.8 Å². The number of carbonyl (C=O) groups is 2. The first-order chi connectivity index (χ1) is 15.0. The van der Waals surface area contributed by atoms with Gasteiger partial charge in [-0.15, -0.1) is 0 Å². The summed E-state index contributed by atoms with van der Waals surface area (Å²) in [7, 11) is 0. The molecule has 2 N–H and O–H groups in total. The Morgan fingerprint density at radius 3 is 2.48 bits per heavy atom. The largest absolute Gasteiger partial charge is 0.486 e. The highest BCUT2D eigenvalue weighted by atomic mass is 16.6. The Labute approximate surface area is 183 Å². The second-order valence-corrected chi connectivity index (χ2v) is 7.83. The van der Waals surface area contributed by atoms with E-state index in [0.29, 0.717) is 44.3 Å². The minimum Gasteiger partial charge on any atom is -0.486 e. The monoisotopic (exact) mass is 425 g/mol. The highest BCUT2D eigenvalue weighted by Gasteiger charge is 2.29. The van der Waals surface area contributed by atoms with E-state index in [0.717, 1.165) is 11.1 Å². The average Bonchev–Trinajstić information content (AvgIpc) is 2.79. The third-order valence-corrected chi connectivity index (χ3v) is 5.22. The first-order valence-corrected chi connectivity index (χ1v) is 10.7. The lowest BCUT2D eigenvalue weighted by molar-refractivity contribution is -0.134. The van der Waals surface area contributed by atoms with Gasteiger partial charge in [0.05, 0.1) is 0 Å². The molecule has 0 radical (unpaired) electrons. The Bertz CT molecular complexity index is 886. The van der Waals surface area contributed by atoms with Gasteiger partial charge in [0.1, 0.15) is 19.3 Å². The molecule has 3 rings (SSSR count). The molecule has 7 nitrogen and oxygen atoms in total. The topological polar surface area (TPSA) is 79.9 Å². The molecule has 2 aromatic carbocycles. The van der Waals surface area contributed by atoms with Crippen molar-refractivity contribution in [1.82, 2.24) is 15.5 Å². The molecule has 2 aromatic rings. The van der Waals surface area contributed by atoms with Gasteiger partial charge in [-0.05, 0) is 24.5 Å². The smallest absolute Gasteiger partial charge is 0.315 e. The zero-order valence-corrected chi connectivity index (χ0v) is 18.4. The van der Waals surface area contributed by atoms with Gasteiger partial charge in [0.25, 0.3) is 0 Å². The van der Waals surface area contributed by atoms with Crippen LogP contribution in [-0.4, -0.2) is 42.6 Å². The number of carbonyl (C=O) groups excluding carboxylic acids is 2. The summed E-state index contributed by atoms with van der Waals surface area (Å²) in [6.07, 6.45) is 0. The van der Waals surface area contributed by atoms with Crippen LogP contribution in [0.3, 0.4) is 0 Å². The predicted octanol–water partition coefficient (Wildman–Crippen LogP) is 3.33. The maximum Gasteiger partial charge on any atom is 0.315 e. The number of urea groups is 1. The zero-order valence-electron chi connectivity index (χ0n) is 18.4. The quantitative estimate of drug-likeness (QED) is 0.680. The number of fused-ring (bicyclic) bond motifs is 1. The van der Waals surface area contributed by atoms with Crippen LogP contribution < -0.4 is 20.1 Å². The minimum absolute atomic E-state index is 0.0618. The average molecular weight is 426 g/mol. The van der Waals surface area contributed by atoms with Crippen LogP contribution in [0, 0.1) is 5.92 Å². The number of amides is 3. The second kappa shape index (κ2) is 10.7. The van der Waals surface area contributed by atoms with Crippen molar-refractivity contribution in [1.29, 1.82) is 0 Å². The van der Waals surface area contributed by atoms with Gasteiger partial charge in [-0.2, -0.15) is 0 Å². The van der Waals surface area contributed by atoms with E-state index in [1.807, 2.05) is 69.3 Å². The lowest BCUT2D eigenvalue weighted by Gasteiger charge is -2.30. The van der Waals surface area contributed by atoms with E-state index in [9.17, 15) is 9.59 Å². The summed E-state index contributed by atoms with van der Waals surface area (Å²) < 4.78 is 11.4. The van der Waals surface area contributed by atoms with E-state index in [-0.39, 0.29) is 17.9 Å². The number of rotatable bonds is 8. The van der Waals surface area contributed by atoms with Crippen LogP contribution in [0.25, 0.3) is 0 Å². The predicted molar refractivity (Wildman–Crippen MR) is 119 cm³/mol. The summed E-state index contributed by atoms with van der Waals surface area (Å²) in [5, 5.41) is 5.68. The van der Waals surface area contributed by atoms with Crippen molar-refractivity contribution in [2.24, 2.45) is 5.92 Å². The fourth-order valence-corrected chi connectivity index (χ4v) is 3.49. The van der Waals surface area contributed by atoms with Gasteiger partial charge in [-0.3, -0.25) is 4.79 Å². The van der Waals surface area contributed by atoms with E-state index >= 15 is 0 Å². The number of nitrogens with one attached hydrogen (secondary N) is 2. The molecule has 3 amide bonds. The number of likely N-dealkylation sites (N-methyl/N-ethyl adjacent to an activating group) is 1. The van der Waals surface area contributed by atoms with E-state index in [2.05, 4.69) is 10.6 Å². The SMILES string of the molecule is CCN(Cc1cccc2c1OCCO2)C(=O)C(NC(=O)NCc1ccccc1)C(C)C. The van der Waals surface area contributed by atoms with E-state index in [1.54, 1.807) is 4.90 Å². The summed E-state index contributed by atoms with van der Waals surface area (Å²) in [5.41, 5.74) is 1.89. The lowest BCUT2D eigenvalue weighted by Crippen LogP contribution is -2.53. The van der Waals surface area contributed by atoms with Gasteiger partial charge in [0.15, 0.2) is 11.5 Å². The van der Waals surface area contributed by atoms with Crippen LogP contribution in [-0.2, 0) is 17.9 Å². The van der Waals surface area contributed by atoms with Gasteiger partial charge < -0.3 is 25.0 Å². The number of ether oxygens (including phenoxy) is 2. The van der Waals surface area contributed by atoms with E-state index in [1.165, 1.54) is 0 Å². The number of benzene rings is 2. The van der Waals surface area contributed by atoms with Crippen LogP contribution >= 0.6 is 0 Å². The van der Waals surface area contributed by atoms with Crippen molar-refractivity contribution >= 4 is 11.9 Å². The fourth-order valence-electron chi connectivity index (χ4n) is 3.49. The van der Waals surface area contributed by atoms with Crippen LogP contribution in [0.15, 0.2) is 48.5 Å². The Balaban J connectivity index is 1.65. The molecule has 0 saturated carbocycles. The zero-order chi connectivity index (χ0) is 22.2. The molecule has 166 valence electrons. The van der Waals surface area contributed by atoms with Gasteiger partial charge in [-0.25, -0.2) is 4.79 Å². The molecule has 1 atom stereocenters. The number of hydrogen-bond donors (Lipinski definition) is 2. The first kappa shape index (κ1) is 22.5. The minimum atomic E-state index is -0.632. The first-order valence-electron chi connectivity index (χ1n) is 10.7. The third-order valence-electron chi connectivity index (χ3n) is 5.22. The normalized spacial score (nSPS) is 13.4. The van der Waals surface area contributed by atoms with Crippen LogP contribution in [0.2, 0.25) is 0 Å². The number of para-hydroxylation sites is 1. The van der Waals surface area contributed by atoms with Gasteiger partial charge in [0.2, 0.25) is 5.91 Å². The summed E-state index contributed by atoms with van der Waals surface area (Å²) in [5.74, 6) is 1.20.